The van der Waals surface area contributed by atoms with E-state index in [2.05, 4.69) is 185 Å². The van der Waals surface area contributed by atoms with Gasteiger partial charge < -0.3 is 0 Å². The Morgan fingerprint density at radius 3 is 0.929 bits per heavy atom. The summed E-state index contributed by atoms with van der Waals surface area (Å²) in [5, 5.41) is 1.47. The molecule has 0 unspecified atom stereocenters. The van der Waals surface area contributed by atoms with Gasteiger partial charge in [0.15, 0.2) is 0 Å². The number of rotatable bonds is 10. The summed E-state index contributed by atoms with van der Waals surface area (Å²) in [7, 11) is 0. The first-order valence-electron chi connectivity index (χ1n) is 19.0. The Morgan fingerprint density at radius 1 is 0.321 bits per heavy atom. The summed E-state index contributed by atoms with van der Waals surface area (Å²) in [5.41, 5.74) is 19.3. The van der Waals surface area contributed by atoms with Crippen LogP contribution in [0.15, 0.2) is 158 Å². The van der Waals surface area contributed by atoms with E-state index in [1.165, 1.54) is 44.5 Å². The van der Waals surface area contributed by atoms with Crippen molar-refractivity contribution >= 4 is 70.8 Å². The quantitative estimate of drug-likeness (QED) is 0.122. The van der Waals surface area contributed by atoms with Gasteiger partial charge in [0, 0.05) is 10.0 Å². The number of hydrogen-bond acceptors (Lipinski definition) is 0. The van der Waals surface area contributed by atoms with Gasteiger partial charge in [-0.2, -0.15) is 0 Å². The molecular weight excluding hydrogens is 719 g/mol. The predicted molar refractivity (Wildman–Crippen MR) is 246 cm³/mol. The third-order valence-electron chi connectivity index (χ3n) is 10.6. The van der Waals surface area contributed by atoms with Crippen molar-refractivity contribution in [3.63, 3.8) is 0 Å². The Hall–Kier alpha value is -5.92. The lowest BCUT2D eigenvalue weighted by atomic mass is 9.88. The minimum Gasteiger partial charge on any atom is -0.0843 e. The Balaban J connectivity index is 1.09. The van der Waals surface area contributed by atoms with Gasteiger partial charge in [0.25, 0.3) is 0 Å². The molecule has 0 atom stereocenters. The predicted octanol–water partition coefficient (Wildman–Crippen LogP) is 15.7. The molecule has 0 N–H and O–H groups in total. The van der Waals surface area contributed by atoms with Crippen molar-refractivity contribution in [2.45, 2.75) is 27.7 Å². The van der Waals surface area contributed by atoms with Crippen LogP contribution in [0.25, 0.3) is 47.6 Å². The first-order chi connectivity index (χ1) is 27.2. The molecule has 274 valence electrons. The molecule has 0 spiro atoms. The van der Waals surface area contributed by atoms with E-state index >= 15 is 0 Å². The maximum Gasteiger partial charge on any atom is 0.0406 e. The van der Waals surface area contributed by atoms with Crippen molar-refractivity contribution in [1.29, 1.82) is 0 Å². The lowest BCUT2D eigenvalue weighted by Crippen LogP contribution is -1.99. The van der Waals surface area contributed by atoms with Gasteiger partial charge >= 0.3 is 0 Å². The maximum atomic E-state index is 6.21. The van der Waals surface area contributed by atoms with Crippen LogP contribution in [-0.2, 0) is 0 Å². The van der Waals surface area contributed by atoms with Crippen molar-refractivity contribution < 1.29 is 0 Å². The van der Waals surface area contributed by atoms with Crippen LogP contribution in [-0.4, -0.2) is 0 Å². The minimum absolute atomic E-state index is 0.735. The highest BCUT2D eigenvalue weighted by Gasteiger charge is 2.12. The molecular formula is C54H44Cl2. The summed E-state index contributed by atoms with van der Waals surface area (Å²) in [6, 6.07) is 54.6. The van der Waals surface area contributed by atoms with Gasteiger partial charge in [0.2, 0.25) is 0 Å². The third kappa shape index (κ3) is 9.12. The van der Waals surface area contributed by atoms with E-state index < -0.39 is 0 Å². The fourth-order valence-electron chi connectivity index (χ4n) is 7.13. The van der Waals surface area contributed by atoms with Crippen LogP contribution < -0.4 is 0 Å². The van der Waals surface area contributed by atoms with E-state index in [0.717, 1.165) is 54.6 Å². The van der Waals surface area contributed by atoms with Crippen LogP contribution >= 0.6 is 23.2 Å². The molecule has 7 rings (SSSR count). The van der Waals surface area contributed by atoms with Gasteiger partial charge in [-0.3, -0.25) is 0 Å². The molecule has 0 saturated carbocycles. The van der Waals surface area contributed by atoms with Gasteiger partial charge in [-0.15, -0.1) is 0 Å². The van der Waals surface area contributed by atoms with E-state index in [4.69, 9.17) is 23.2 Å². The zero-order chi connectivity index (χ0) is 39.0. The summed E-state index contributed by atoms with van der Waals surface area (Å²) in [6.45, 7) is 8.95. The Morgan fingerprint density at radius 2 is 0.607 bits per heavy atom. The molecule has 7 aromatic rings. The molecule has 0 amide bonds. The molecule has 2 heteroatoms. The molecule has 0 aromatic heterocycles. The lowest BCUT2D eigenvalue weighted by molar-refractivity contribution is 1.21. The highest BCUT2D eigenvalue weighted by atomic mass is 35.5. The van der Waals surface area contributed by atoms with Gasteiger partial charge in [-0.05, 0) is 153 Å². The molecule has 0 heterocycles. The molecule has 0 aliphatic rings. The highest BCUT2D eigenvalue weighted by Crippen LogP contribution is 2.32. The molecule has 7 aromatic carbocycles. The molecule has 0 saturated heterocycles. The standard InChI is InChI=1S/C54H44Cl2/c1-37-38(2)52(34-24-42-17-21-44(22-18-42)36-54(46-13-9-6-10-14-46)48-27-31-50(56)32-28-48)40(4)39(3)51(37)33-23-41-15-19-43(20-16-41)35-53(45-11-7-5-8-12-45)47-25-29-49(55)30-26-47/h5-36H,1-4H3. The molecule has 0 aliphatic carbocycles. The normalized spacial score (nSPS) is 12.2. The Labute approximate surface area is 342 Å². The second-order valence-corrected chi connectivity index (χ2v) is 15.1. The zero-order valence-corrected chi connectivity index (χ0v) is 33.7. The van der Waals surface area contributed by atoms with Crippen LogP contribution in [0.4, 0.5) is 0 Å². The molecule has 0 bridgehead atoms. The van der Waals surface area contributed by atoms with Crippen molar-refractivity contribution in [2.75, 3.05) is 0 Å². The van der Waals surface area contributed by atoms with Crippen molar-refractivity contribution in [2.24, 2.45) is 0 Å². The van der Waals surface area contributed by atoms with Crippen LogP contribution in [0.1, 0.15) is 77.9 Å². The van der Waals surface area contributed by atoms with Crippen molar-refractivity contribution in [3.8, 4) is 0 Å². The zero-order valence-electron chi connectivity index (χ0n) is 32.2. The molecule has 0 aliphatic heterocycles. The van der Waals surface area contributed by atoms with E-state index in [9.17, 15) is 0 Å². The van der Waals surface area contributed by atoms with E-state index in [1.54, 1.807) is 0 Å². The topological polar surface area (TPSA) is 0 Å². The van der Waals surface area contributed by atoms with Crippen LogP contribution in [0.3, 0.4) is 0 Å². The Bertz CT molecular complexity index is 2340. The second kappa shape index (κ2) is 17.7. The van der Waals surface area contributed by atoms with Crippen LogP contribution in [0.5, 0.6) is 0 Å². The van der Waals surface area contributed by atoms with Crippen molar-refractivity contribution in [3.05, 3.63) is 246 Å². The van der Waals surface area contributed by atoms with Crippen LogP contribution in [0.2, 0.25) is 10.0 Å². The summed E-state index contributed by atoms with van der Waals surface area (Å²) in [6.07, 6.45) is 13.5. The summed E-state index contributed by atoms with van der Waals surface area (Å²) in [4.78, 5) is 0. The first kappa shape index (κ1) is 38.4. The lowest BCUT2D eigenvalue weighted by Gasteiger charge is -2.17. The number of benzene rings is 7. The fraction of sp³-hybridized carbons (Fsp3) is 0.0741. The van der Waals surface area contributed by atoms with Gasteiger partial charge in [-0.25, -0.2) is 0 Å². The monoisotopic (exact) mass is 762 g/mol. The molecule has 0 nitrogen and oxygen atoms in total. The SMILES string of the molecule is Cc1c(C)c(C=Cc2ccc(C=C(c3ccccc3)c3ccc(Cl)cc3)cc2)c(C)c(C)c1C=Cc1ccc(C=C(c2ccccc2)c2ccc(Cl)cc2)cc1. The fourth-order valence-corrected chi connectivity index (χ4v) is 7.38. The van der Waals surface area contributed by atoms with Gasteiger partial charge in [-0.1, -0.05) is 181 Å². The number of halogens is 2. The molecule has 56 heavy (non-hydrogen) atoms. The number of hydrogen-bond donors (Lipinski definition) is 0. The Kier molecular flexibility index (Phi) is 12.1. The average Bonchev–Trinajstić information content (AvgIpc) is 3.23. The molecule has 0 radical (unpaired) electrons. The summed E-state index contributed by atoms with van der Waals surface area (Å²) < 4.78 is 0. The maximum absolute atomic E-state index is 6.21. The molecule has 0 fully saturated rings. The minimum atomic E-state index is 0.735. The third-order valence-corrected chi connectivity index (χ3v) is 11.1. The van der Waals surface area contributed by atoms with E-state index in [0.29, 0.717) is 0 Å². The van der Waals surface area contributed by atoms with Gasteiger partial charge in [0.05, 0.1) is 0 Å². The summed E-state index contributed by atoms with van der Waals surface area (Å²) in [5.74, 6) is 0. The van der Waals surface area contributed by atoms with Crippen LogP contribution in [0, 0.1) is 27.7 Å². The highest BCUT2D eigenvalue weighted by molar-refractivity contribution is 6.31. The smallest absolute Gasteiger partial charge is 0.0406 e. The van der Waals surface area contributed by atoms with Crippen molar-refractivity contribution in [1.82, 2.24) is 0 Å². The largest absolute Gasteiger partial charge is 0.0843 e. The second-order valence-electron chi connectivity index (χ2n) is 14.2. The van der Waals surface area contributed by atoms with E-state index in [-0.39, 0.29) is 0 Å². The van der Waals surface area contributed by atoms with E-state index in [1.807, 2.05) is 36.4 Å². The average molecular weight is 764 g/mol. The summed E-state index contributed by atoms with van der Waals surface area (Å²) >= 11 is 12.4. The first-order valence-corrected chi connectivity index (χ1v) is 19.7. The van der Waals surface area contributed by atoms with Gasteiger partial charge in [0.1, 0.15) is 0 Å².